The van der Waals surface area contributed by atoms with E-state index in [9.17, 15) is 4.79 Å². The van der Waals surface area contributed by atoms with Gasteiger partial charge in [-0.15, -0.1) is 11.3 Å². The summed E-state index contributed by atoms with van der Waals surface area (Å²) in [7, 11) is 1.41. The molecular formula is C20H20N4O2S2. The second kappa shape index (κ2) is 8.12. The number of carbonyl (C=O) groups is 1. The maximum absolute atomic E-state index is 12.3. The van der Waals surface area contributed by atoms with Crippen molar-refractivity contribution in [3.8, 4) is 0 Å². The van der Waals surface area contributed by atoms with Gasteiger partial charge in [-0.05, 0) is 60.8 Å². The summed E-state index contributed by atoms with van der Waals surface area (Å²) in [6.45, 7) is 0.687. The monoisotopic (exact) mass is 412 g/mol. The van der Waals surface area contributed by atoms with E-state index in [2.05, 4.69) is 15.7 Å². The Kier molecular flexibility index (Phi) is 5.40. The Bertz CT molecular complexity index is 1010. The van der Waals surface area contributed by atoms with Crippen molar-refractivity contribution in [2.75, 3.05) is 17.7 Å². The Labute approximate surface area is 172 Å². The van der Waals surface area contributed by atoms with Gasteiger partial charge in [-0.25, -0.2) is 4.79 Å². The summed E-state index contributed by atoms with van der Waals surface area (Å²) >= 11 is 7.07. The minimum Gasteiger partial charge on any atom is -0.465 e. The molecule has 0 fully saturated rings. The summed E-state index contributed by atoms with van der Waals surface area (Å²) in [5.74, 6) is -0.314. The van der Waals surface area contributed by atoms with E-state index >= 15 is 0 Å². The summed E-state index contributed by atoms with van der Waals surface area (Å²) in [4.78, 5) is 13.5. The highest BCUT2D eigenvalue weighted by molar-refractivity contribution is 7.80. The van der Waals surface area contributed by atoms with Crippen molar-refractivity contribution in [1.29, 1.82) is 0 Å². The van der Waals surface area contributed by atoms with Crippen LogP contribution >= 0.6 is 23.6 Å². The third-order valence-corrected chi connectivity index (χ3v) is 6.04. The Morgan fingerprint density at radius 1 is 1.32 bits per heavy atom. The predicted octanol–water partition coefficient (Wildman–Crippen LogP) is 4.08. The molecule has 0 unspecified atom stereocenters. The van der Waals surface area contributed by atoms with Gasteiger partial charge in [-0.1, -0.05) is 12.1 Å². The quantitative estimate of drug-likeness (QED) is 0.486. The highest BCUT2D eigenvalue weighted by Crippen LogP contribution is 2.39. The zero-order valence-corrected chi connectivity index (χ0v) is 17.0. The van der Waals surface area contributed by atoms with Gasteiger partial charge in [0.15, 0.2) is 5.11 Å². The molecule has 0 amide bonds. The van der Waals surface area contributed by atoms with Gasteiger partial charge in [0, 0.05) is 23.0 Å². The molecule has 8 heteroatoms. The van der Waals surface area contributed by atoms with Crippen LogP contribution in [0.2, 0.25) is 0 Å². The summed E-state index contributed by atoms with van der Waals surface area (Å²) in [6, 6.07) is 9.91. The van der Waals surface area contributed by atoms with Crippen LogP contribution in [0.3, 0.4) is 0 Å². The van der Waals surface area contributed by atoms with Crippen molar-refractivity contribution in [2.45, 2.75) is 25.8 Å². The molecule has 0 saturated heterocycles. The molecule has 144 valence electrons. The van der Waals surface area contributed by atoms with Crippen molar-refractivity contribution in [2.24, 2.45) is 0 Å². The standard InChI is InChI=1S/C20H20N4O2S2/c1-26-19(25)17-15-7-3-8-16(15)28-18(17)23-20(27)22-14-6-2-5-13(11-14)12-24-10-4-9-21-24/h2,4-6,9-11H,3,7-8,12H2,1H3,(H2,22,23,27). The molecule has 3 aromatic rings. The average molecular weight is 413 g/mol. The number of hydrogen-bond acceptors (Lipinski definition) is 5. The van der Waals surface area contributed by atoms with Crippen LogP contribution in [0.15, 0.2) is 42.7 Å². The number of anilines is 2. The summed E-state index contributed by atoms with van der Waals surface area (Å²) in [6.07, 6.45) is 6.68. The van der Waals surface area contributed by atoms with Crippen molar-refractivity contribution < 1.29 is 9.53 Å². The van der Waals surface area contributed by atoms with Crippen LogP contribution in [0, 0.1) is 0 Å². The highest BCUT2D eigenvalue weighted by atomic mass is 32.1. The number of hydrogen-bond donors (Lipinski definition) is 2. The van der Waals surface area contributed by atoms with Crippen molar-refractivity contribution in [3.63, 3.8) is 0 Å². The number of ether oxygens (including phenoxy) is 1. The zero-order chi connectivity index (χ0) is 19.5. The number of benzene rings is 1. The molecule has 6 nitrogen and oxygen atoms in total. The van der Waals surface area contributed by atoms with Gasteiger partial charge < -0.3 is 15.4 Å². The molecule has 0 spiro atoms. The molecule has 0 atom stereocenters. The molecule has 0 saturated carbocycles. The lowest BCUT2D eigenvalue weighted by Crippen LogP contribution is -2.20. The van der Waals surface area contributed by atoms with Gasteiger partial charge in [-0.3, -0.25) is 4.68 Å². The van der Waals surface area contributed by atoms with E-state index in [-0.39, 0.29) is 5.97 Å². The first-order valence-electron chi connectivity index (χ1n) is 9.01. The number of aromatic nitrogens is 2. The highest BCUT2D eigenvalue weighted by Gasteiger charge is 2.27. The molecule has 2 N–H and O–H groups in total. The average Bonchev–Trinajstić information content (AvgIpc) is 3.39. The number of carbonyl (C=O) groups excluding carboxylic acids is 1. The van der Waals surface area contributed by atoms with Gasteiger partial charge >= 0.3 is 5.97 Å². The number of thiocarbonyl (C=S) groups is 1. The normalized spacial score (nSPS) is 12.5. The van der Waals surface area contributed by atoms with Crippen molar-refractivity contribution >= 4 is 45.3 Å². The van der Waals surface area contributed by atoms with Gasteiger partial charge in [0.2, 0.25) is 0 Å². The smallest absolute Gasteiger partial charge is 0.341 e. The van der Waals surface area contributed by atoms with Crippen LogP contribution in [0.25, 0.3) is 0 Å². The fourth-order valence-electron chi connectivity index (χ4n) is 3.40. The number of nitrogens with zero attached hydrogens (tertiary/aromatic N) is 2. The van der Waals surface area contributed by atoms with Gasteiger partial charge in [0.25, 0.3) is 0 Å². The molecule has 2 aromatic heterocycles. The van der Waals surface area contributed by atoms with Gasteiger partial charge in [-0.2, -0.15) is 5.10 Å². The Morgan fingerprint density at radius 3 is 3.00 bits per heavy atom. The third-order valence-electron chi connectivity index (χ3n) is 4.63. The topological polar surface area (TPSA) is 68.2 Å². The van der Waals surface area contributed by atoms with Crippen molar-refractivity contribution in [3.05, 3.63) is 64.3 Å². The number of thiophene rings is 1. The van der Waals surface area contributed by atoms with Gasteiger partial charge in [0.1, 0.15) is 5.00 Å². The van der Waals surface area contributed by atoms with E-state index in [1.807, 2.05) is 41.2 Å². The van der Waals surface area contributed by atoms with E-state index < -0.39 is 0 Å². The summed E-state index contributed by atoms with van der Waals surface area (Å²) in [5, 5.41) is 11.8. The second-order valence-electron chi connectivity index (χ2n) is 6.54. The number of rotatable bonds is 5. The minimum absolute atomic E-state index is 0.314. The second-order valence-corrected chi connectivity index (χ2v) is 8.05. The molecule has 0 radical (unpaired) electrons. The van der Waals surface area contributed by atoms with Crippen LogP contribution in [-0.2, 0) is 24.1 Å². The molecular weight excluding hydrogens is 392 g/mol. The van der Waals surface area contributed by atoms with Crippen LogP contribution in [0.1, 0.15) is 32.8 Å². The number of fused-ring (bicyclic) bond motifs is 1. The van der Waals surface area contributed by atoms with Crippen molar-refractivity contribution in [1.82, 2.24) is 9.78 Å². The Balaban J connectivity index is 1.47. The first-order valence-corrected chi connectivity index (χ1v) is 10.2. The summed E-state index contributed by atoms with van der Waals surface area (Å²) < 4.78 is 6.85. The Hall–Kier alpha value is -2.71. The van der Waals surface area contributed by atoms with E-state index in [4.69, 9.17) is 17.0 Å². The molecule has 28 heavy (non-hydrogen) atoms. The number of methoxy groups -OCH3 is 1. The van der Waals surface area contributed by atoms with Crippen LogP contribution in [-0.4, -0.2) is 28.0 Å². The molecule has 0 bridgehead atoms. The van der Waals surface area contributed by atoms with Crippen LogP contribution < -0.4 is 10.6 Å². The lowest BCUT2D eigenvalue weighted by molar-refractivity contribution is 0.0601. The first-order chi connectivity index (χ1) is 13.6. The maximum Gasteiger partial charge on any atom is 0.341 e. The number of nitrogens with one attached hydrogen (secondary N) is 2. The maximum atomic E-state index is 12.3. The molecule has 1 aliphatic rings. The summed E-state index contributed by atoms with van der Waals surface area (Å²) in [5.41, 5.74) is 3.72. The number of aryl methyl sites for hydroxylation is 1. The lowest BCUT2D eigenvalue weighted by atomic mass is 10.1. The van der Waals surface area contributed by atoms with Crippen LogP contribution in [0.5, 0.6) is 0 Å². The SMILES string of the molecule is COC(=O)c1c(NC(=S)Nc2cccc(Cn3cccn3)c2)sc2c1CCC2. The minimum atomic E-state index is -0.314. The lowest BCUT2D eigenvalue weighted by Gasteiger charge is -2.12. The van der Waals surface area contributed by atoms with Crippen LogP contribution in [0.4, 0.5) is 10.7 Å². The fraction of sp³-hybridized carbons (Fsp3) is 0.250. The predicted molar refractivity (Wildman–Crippen MR) is 115 cm³/mol. The third kappa shape index (κ3) is 3.93. The van der Waals surface area contributed by atoms with E-state index in [1.165, 1.54) is 12.0 Å². The molecule has 2 heterocycles. The first kappa shape index (κ1) is 18.6. The van der Waals surface area contributed by atoms with E-state index in [0.29, 0.717) is 17.2 Å². The van der Waals surface area contributed by atoms with E-state index in [1.54, 1.807) is 17.5 Å². The largest absolute Gasteiger partial charge is 0.465 e. The van der Waals surface area contributed by atoms with Gasteiger partial charge in [0.05, 0.1) is 19.2 Å². The fourth-order valence-corrected chi connectivity index (χ4v) is 4.97. The van der Waals surface area contributed by atoms with E-state index in [0.717, 1.165) is 41.1 Å². The zero-order valence-electron chi connectivity index (χ0n) is 15.4. The number of esters is 1. The molecule has 4 rings (SSSR count). The molecule has 1 aromatic carbocycles. The Morgan fingerprint density at radius 2 is 2.21 bits per heavy atom. The molecule has 1 aliphatic carbocycles. The molecule has 0 aliphatic heterocycles.